The van der Waals surface area contributed by atoms with Crippen LogP contribution in [0.15, 0.2) is 18.3 Å². The Kier molecular flexibility index (Phi) is 5.73. The summed E-state index contributed by atoms with van der Waals surface area (Å²) in [5.41, 5.74) is 6.48. The monoisotopic (exact) mass is 292 g/mol. The van der Waals surface area contributed by atoms with Crippen molar-refractivity contribution in [2.75, 3.05) is 25.0 Å². The summed E-state index contributed by atoms with van der Waals surface area (Å²) in [4.78, 5) is 7.28. The zero-order valence-electron chi connectivity index (χ0n) is 12.1. The van der Waals surface area contributed by atoms with Gasteiger partial charge in [-0.15, -0.1) is 0 Å². The number of hydrogen-bond donors (Lipinski definition) is 2. The molecule has 1 unspecified atom stereocenters. The van der Waals surface area contributed by atoms with Crippen LogP contribution in [0.1, 0.15) is 38.2 Å². The first kappa shape index (κ1) is 15.2. The normalized spacial score (nSPS) is 19.8. The van der Waals surface area contributed by atoms with Gasteiger partial charge in [-0.25, -0.2) is 4.98 Å². The summed E-state index contributed by atoms with van der Waals surface area (Å²) in [6.07, 6.45) is 6.93. The Morgan fingerprint density at radius 3 is 3.15 bits per heavy atom. The van der Waals surface area contributed by atoms with Gasteiger partial charge in [0.15, 0.2) is 0 Å². The van der Waals surface area contributed by atoms with Crippen molar-refractivity contribution in [2.45, 2.75) is 38.6 Å². The number of pyridine rings is 1. The lowest BCUT2D eigenvalue weighted by atomic mass is 10.0. The summed E-state index contributed by atoms with van der Waals surface area (Å²) in [6.45, 7) is 5.66. The van der Waals surface area contributed by atoms with E-state index in [1.54, 1.807) is 6.20 Å². The molecule has 1 aromatic rings. The molecule has 1 aliphatic rings. The summed E-state index contributed by atoms with van der Waals surface area (Å²) in [7, 11) is 0. The van der Waals surface area contributed by atoms with Crippen LogP contribution in [0.4, 0.5) is 5.82 Å². The molecule has 0 saturated carbocycles. The van der Waals surface area contributed by atoms with E-state index < -0.39 is 0 Å². The standard InChI is InChI=1S/C15H24N4S/c1-12-5-2-3-9-19(12)10-4-7-17-14-11-13(15(16)20)6-8-18-14/h6,8,11-12H,2-5,7,9-10H2,1H3,(H2,16,20)(H,17,18). The van der Waals surface area contributed by atoms with Crippen molar-refractivity contribution in [1.29, 1.82) is 0 Å². The second kappa shape index (κ2) is 7.55. The number of thiocarbonyl (C=S) groups is 1. The Morgan fingerprint density at radius 1 is 1.55 bits per heavy atom. The number of nitrogens with two attached hydrogens (primary N) is 1. The molecule has 110 valence electrons. The maximum atomic E-state index is 5.62. The molecule has 1 atom stereocenters. The zero-order valence-corrected chi connectivity index (χ0v) is 13.0. The van der Waals surface area contributed by atoms with E-state index in [0.717, 1.165) is 36.9 Å². The van der Waals surface area contributed by atoms with Crippen molar-refractivity contribution >= 4 is 23.0 Å². The third-order valence-corrected chi connectivity index (χ3v) is 4.15. The third kappa shape index (κ3) is 4.42. The third-order valence-electron chi connectivity index (χ3n) is 3.91. The van der Waals surface area contributed by atoms with E-state index in [1.165, 1.54) is 25.8 Å². The lowest BCUT2D eigenvalue weighted by Crippen LogP contribution is -2.38. The summed E-state index contributed by atoms with van der Waals surface area (Å²) in [6, 6.07) is 4.48. The molecule has 0 spiro atoms. The molecule has 0 amide bonds. The van der Waals surface area contributed by atoms with Crippen LogP contribution in [0.3, 0.4) is 0 Å². The van der Waals surface area contributed by atoms with E-state index >= 15 is 0 Å². The lowest BCUT2D eigenvalue weighted by molar-refractivity contribution is 0.160. The Morgan fingerprint density at radius 2 is 2.40 bits per heavy atom. The highest BCUT2D eigenvalue weighted by molar-refractivity contribution is 7.80. The highest BCUT2D eigenvalue weighted by Crippen LogP contribution is 2.16. The fourth-order valence-corrected chi connectivity index (χ4v) is 2.80. The molecule has 1 saturated heterocycles. The molecule has 0 radical (unpaired) electrons. The fraction of sp³-hybridized carbons (Fsp3) is 0.600. The van der Waals surface area contributed by atoms with Gasteiger partial charge in [-0.3, -0.25) is 0 Å². The predicted molar refractivity (Wildman–Crippen MR) is 88.1 cm³/mol. The molecule has 20 heavy (non-hydrogen) atoms. The Labute approximate surface area is 126 Å². The lowest BCUT2D eigenvalue weighted by Gasteiger charge is -2.33. The molecule has 0 aromatic carbocycles. The minimum atomic E-state index is 0.414. The van der Waals surface area contributed by atoms with Crippen LogP contribution in [0, 0.1) is 0 Å². The van der Waals surface area contributed by atoms with Gasteiger partial charge in [-0.05, 0) is 44.9 Å². The number of piperidine rings is 1. The van der Waals surface area contributed by atoms with Crippen LogP contribution in [0.5, 0.6) is 0 Å². The quantitative estimate of drug-likeness (QED) is 0.623. The second-order valence-corrected chi connectivity index (χ2v) is 5.89. The number of hydrogen-bond acceptors (Lipinski definition) is 4. The molecule has 1 aliphatic heterocycles. The molecule has 1 aromatic heterocycles. The Hall–Kier alpha value is -1.20. The number of nitrogens with one attached hydrogen (secondary N) is 1. The van der Waals surface area contributed by atoms with Crippen LogP contribution in [-0.4, -0.2) is 40.5 Å². The van der Waals surface area contributed by atoms with Gasteiger partial charge < -0.3 is 16.0 Å². The summed E-state index contributed by atoms with van der Waals surface area (Å²) >= 11 is 4.97. The number of likely N-dealkylation sites (tertiary alicyclic amines) is 1. The molecule has 3 N–H and O–H groups in total. The fourth-order valence-electron chi connectivity index (χ4n) is 2.67. The van der Waals surface area contributed by atoms with Crippen molar-refractivity contribution in [1.82, 2.24) is 9.88 Å². The Bertz CT molecular complexity index is 449. The largest absolute Gasteiger partial charge is 0.389 e. The SMILES string of the molecule is CC1CCCCN1CCCNc1cc(C(N)=S)ccn1. The van der Waals surface area contributed by atoms with E-state index in [-0.39, 0.29) is 0 Å². The van der Waals surface area contributed by atoms with E-state index in [2.05, 4.69) is 22.1 Å². The van der Waals surface area contributed by atoms with E-state index in [1.807, 2.05) is 12.1 Å². The first-order valence-corrected chi connectivity index (χ1v) is 7.81. The minimum absolute atomic E-state index is 0.414. The summed E-state index contributed by atoms with van der Waals surface area (Å²) in [5.74, 6) is 0.849. The van der Waals surface area contributed by atoms with Crippen molar-refractivity contribution in [3.05, 3.63) is 23.9 Å². The molecule has 1 fully saturated rings. The highest BCUT2D eigenvalue weighted by atomic mass is 32.1. The van der Waals surface area contributed by atoms with Gasteiger partial charge >= 0.3 is 0 Å². The van der Waals surface area contributed by atoms with Gasteiger partial charge in [0, 0.05) is 30.9 Å². The van der Waals surface area contributed by atoms with Crippen LogP contribution in [-0.2, 0) is 0 Å². The van der Waals surface area contributed by atoms with Gasteiger partial charge in [0.1, 0.15) is 10.8 Å². The Balaban J connectivity index is 1.73. The topological polar surface area (TPSA) is 54.2 Å². The van der Waals surface area contributed by atoms with Crippen molar-refractivity contribution in [3.8, 4) is 0 Å². The molecule has 4 nitrogen and oxygen atoms in total. The van der Waals surface area contributed by atoms with Crippen LogP contribution in [0.2, 0.25) is 0 Å². The number of rotatable bonds is 6. The average molecular weight is 292 g/mol. The highest BCUT2D eigenvalue weighted by Gasteiger charge is 2.16. The number of nitrogens with zero attached hydrogens (tertiary/aromatic N) is 2. The molecular formula is C15H24N4S. The molecular weight excluding hydrogens is 268 g/mol. The first-order chi connectivity index (χ1) is 9.66. The van der Waals surface area contributed by atoms with E-state index in [9.17, 15) is 0 Å². The molecule has 0 aliphatic carbocycles. The molecule has 0 bridgehead atoms. The number of aromatic nitrogens is 1. The van der Waals surface area contributed by atoms with Crippen LogP contribution < -0.4 is 11.1 Å². The van der Waals surface area contributed by atoms with Crippen molar-refractivity contribution < 1.29 is 0 Å². The number of anilines is 1. The molecule has 2 heterocycles. The van der Waals surface area contributed by atoms with Gasteiger partial charge in [-0.1, -0.05) is 18.6 Å². The second-order valence-electron chi connectivity index (χ2n) is 5.46. The van der Waals surface area contributed by atoms with Crippen LogP contribution >= 0.6 is 12.2 Å². The predicted octanol–water partition coefficient (Wildman–Crippen LogP) is 2.39. The minimum Gasteiger partial charge on any atom is -0.389 e. The van der Waals surface area contributed by atoms with Crippen molar-refractivity contribution in [3.63, 3.8) is 0 Å². The van der Waals surface area contributed by atoms with Gasteiger partial charge in [0.25, 0.3) is 0 Å². The van der Waals surface area contributed by atoms with Gasteiger partial charge in [-0.2, -0.15) is 0 Å². The smallest absolute Gasteiger partial charge is 0.126 e. The maximum Gasteiger partial charge on any atom is 0.126 e. The van der Waals surface area contributed by atoms with Crippen molar-refractivity contribution in [2.24, 2.45) is 5.73 Å². The summed E-state index contributed by atoms with van der Waals surface area (Å²) in [5, 5.41) is 3.34. The summed E-state index contributed by atoms with van der Waals surface area (Å²) < 4.78 is 0. The average Bonchev–Trinajstić information content (AvgIpc) is 2.45. The molecule has 2 rings (SSSR count). The van der Waals surface area contributed by atoms with Crippen LogP contribution in [0.25, 0.3) is 0 Å². The van der Waals surface area contributed by atoms with E-state index in [4.69, 9.17) is 18.0 Å². The van der Waals surface area contributed by atoms with Gasteiger partial charge in [0.2, 0.25) is 0 Å². The first-order valence-electron chi connectivity index (χ1n) is 7.40. The van der Waals surface area contributed by atoms with E-state index in [0.29, 0.717) is 4.99 Å². The van der Waals surface area contributed by atoms with Gasteiger partial charge in [0.05, 0.1) is 0 Å². The maximum absolute atomic E-state index is 5.62. The molecule has 5 heteroatoms. The zero-order chi connectivity index (χ0) is 14.4.